The Morgan fingerprint density at radius 3 is 2.40 bits per heavy atom. The van der Waals surface area contributed by atoms with E-state index in [2.05, 4.69) is 4.98 Å². The number of fused-ring (bicyclic) bond motifs is 1. The van der Waals surface area contributed by atoms with Crippen LogP contribution in [0.15, 0.2) is 58.1 Å². The Balaban J connectivity index is 2.12. The molecule has 2 aromatic heterocycles. The van der Waals surface area contributed by atoms with Crippen molar-refractivity contribution in [3.05, 3.63) is 80.6 Å². The van der Waals surface area contributed by atoms with Crippen molar-refractivity contribution in [2.75, 3.05) is 7.11 Å². The second kappa shape index (κ2) is 7.07. The molecule has 0 unspecified atom stereocenters. The molecule has 0 atom stereocenters. The summed E-state index contributed by atoms with van der Waals surface area (Å²) in [6, 6.07) is 13.3. The number of benzene rings is 2. The fourth-order valence-corrected chi connectivity index (χ4v) is 3.54. The maximum atomic E-state index is 13.4. The fraction of sp³-hybridized carbons (Fsp3) is 0.136. The van der Waals surface area contributed by atoms with Gasteiger partial charge in [-0.05, 0) is 23.8 Å². The number of H-pyrrole nitrogens is 1. The van der Waals surface area contributed by atoms with E-state index in [-0.39, 0.29) is 28.0 Å². The van der Waals surface area contributed by atoms with Crippen molar-refractivity contribution in [1.29, 1.82) is 0 Å². The minimum atomic E-state index is -0.532. The predicted octanol–water partition coefficient (Wildman–Crippen LogP) is 2.18. The zero-order valence-corrected chi connectivity index (χ0v) is 16.6. The van der Waals surface area contributed by atoms with Crippen LogP contribution in [0.2, 0.25) is 0 Å². The molecule has 0 amide bonds. The molecule has 0 aliphatic carbocycles. The highest BCUT2D eigenvalue weighted by Crippen LogP contribution is 2.33. The number of rotatable bonds is 4. The molecule has 2 heterocycles. The highest BCUT2D eigenvalue weighted by Gasteiger charge is 2.26. The molecule has 0 radical (unpaired) electrons. The summed E-state index contributed by atoms with van der Waals surface area (Å²) in [5.41, 5.74) is 0.304. The average Bonchev–Trinajstić information content (AvgIpc) is 3.17. The van der Waals surface area contributed by atoms with Crippen LogP contribution in [0.4, 0.5) is 0 Å². The highest BCUT2D eigenvalue weighted by molar-refractivity contribution is 6.17. The molecule has 30 heavy (non-hydrogen) atoms. The lowest BCUT2D eigenvalue weighted by Gasteiger charge is -2.08. The highest BCUT2D eigenvalue weighted by atomic mass is 16.5. The van der Waals surface area contributed by atoms with Gasteiger partial charge in [-0.2, -0.15) is 0 Å². The van der Waals surface area contributed by atoms with Gasteiger partial charge >= 0.3 is 5.69 Å². The number of nitrogens with zero attached hydrogens (tertiary/aromatic N) is 2. The standard InChI is InChI=1S/C22H19N3O5/c1-24-20-17(21(28)25(2)22(24)29)16(12-7-5-4-6-8-12)18(23-20)19(27)14-11-13(30-3)9-10-15(14)26/h4-11,23,26H,1-3H3. The molecule has 8 nitrogen and oxygen atoms in total. The molecular formula is C22H19N3O5. The second-order valence-electron chi connectivity index (χ2n) is 6.88. The molecule has 152 valence electrons. The Kier molecular flexibility index (Phi) is 4.54. The number of nitrogens with one attached hydrogen (secondary N) is 1. The minimum absolute atomic E-state index is 0.0138. The zero-order valence-electron chi connectivity index (χ0n) is 16.6. The van der Waals surface area contributed by atoms with Gasteiger partial charge in [0.15, 0.2) is 0 Å². The van der Waals surface area contributed by atoms with Crippen LogP contribution in [0, 0.1) is 0 Å². The number of aromatic amines is 1. The van der Waals surface area contributed by atoms with Crippen LogP contribution in [0.5, 0.6) is 11.5 Å². The summed E-state index contributed by atoms with van der Waals surface area (Å²) in [5.74, 6) is -0.354. The Bertz CT molecular complexity index is 1410. The van der Waals surface area contributed by atoms with Gasteiger partial charge in [0.25, 0.3) is 5.56 Å². The van der Waals surface area contributed by atoms with E-state index in [9.17, 15) is 19.5 Å². The Hall–Kier alpha value is -4.07. The molecule has 0 aliphatic rings. The number of hydrogen-bond acceptors (Lipinski definition) is 5. The van der Waals surface area contributed by atoms with E-state index >= 15 is 0 Å². The monoisotopic (exact) mass is 405 g/mol. The minimum Gasteiger partial charge on any atom is -0.507 e. The SMILES string of the molecule is COc1ccc(O)c(C(=O)c2[nH]c3c(c2-c2ccccc2)c(=O)n(C)c(=O)n3C)c1. The van der Waals surface area contributed by atoms with E-state index in [1.807, 2.05) is 6.07 Å². The number of phenols is 1. The molecule has 4 aromatic rings. The second-order valence-corrected chi connectivity index (χ2v) is 6.88. The summed E-state index contributed by atoms with van der Waals surface area (Å²) in [7, 11) is 4.37. The van der Waals surface area contributed by atoms with Crippen LogP contribution < -0.4 is 16.0 Å². The van der Waals surface area contributed by atoms with Gasteiger partial charge in [0.1, 0.15) is 17.1 Å². The van der Waals surface area contributed by atoms with Crippen LogP contribution in [0.3, 0.4) is 0 Å². The third kappa shape index (κ3) is 2.81. The first-order valence-electron chi connectivity index (χ1n) is 9.14. The van der Waals surface area contributed by atoms with Crippen LogP contribution in [-0.2, 0) is 14.1 Å². The quantitative estimate of drug-likeness (QED) is 0.506. The normalized spacial score (nSPS) is 11.0. The summed E-state index contributed by atoms with van der Waals surface area (Å²) >= 11 is 0. The number of ether oxygens (including phenoxy) is 1. The topological polar surface area (TPSA) is 106 Å². The van der Waals surface area contributed by atoms with Gasteiger partial charge in [-0.1, -0.05) is 30.3 Å². The third-order valence-corrected chi connectivity index (χ3v) is 5.15. The first kappa shape index (κ1) is 19.3. The van der Waals surface area contributed by atoms with Crippen LogP contribution in [0.1, 0.15) is 16.1 Å². The maximum Gasteiger partial charge on any atom is 0.332 e. The maximum absolute atomic E-state index is 13.4. The number of aromatic nitrogens is 3. The van der Waals surface area contributed by atoms with Crippen LogP contribution in [0.25, 0.3) is 22.2 Å². The molecule has 0 saturated heterocycles. The van der Waals surface area contributed by atoms with E-state index < -0.39 is 17.0 Å². The summed E-state index contributed by atoms with van der Waals surface area (Å²) in [5, 5.41) is 10.5. The van der Waals surface area contributed by atoms with Gasteiger partial charge in [0, 0.05) is 19.7 Å². The van der Waals surface area contributed by atoms with E-state index in [0.29, 0.717) is 16.9 Å². The van der Waals surface area contributed by atoms with Gasteiger partial charge in [-0.3, -0.25) is 18.7 Å². The van der Waals surface area contributed by atoms with E-state index in [1.165, 1.54) is 44.0 Å². The van der Waals surface area contributed by atoms with Gasteiger partial charge in [0.2, 0.25) is 5.78 Å². The van der Waals surface area contributed by atoms with Crippen LogP contribution in [-0.4, -0.2) is 32.1 Å². The molecule has 4 rings (SSSR count). The van der Waals surface area contributed by atoms with Crippen molar-refractivity contribution in [2.24, 2.45) is 14.1 Å². The Morgan fingerprint density at radius 1 is 1.03 bits per heavy atom. The summed E-state index contributed by atoms with van der Waals surface area (Å²) < 4.78 is 7.45. The predicted molar refractivity (Wildman–Crippen MR) is 112 cm³/mol. The van der Waals surface area contributed by atoms with Gasteiger partial charge in [-0.15, -0.1) is 0 Å². The van der Waals surface area contributed by atoms with Crippen molar-refractivity contribution in [2.45, 2.75) is 0 Å². The van der Waals surface area contributed by atoms with Crippen molar-refractivity contribution in [3.63, 3.8) is 0 Å². The first-order valence-corrected chi connectivity index (χ1v) is 9.14. The number of carbonyl (C=O) groups is 1. The molecule has 0 fully saturated rings. The summed E-state index contributed by atoms with van der Waals surface area (Å²) in [6.07, 6.45) is 0. The molecule has 8 heteroatoms. The van der Waals surface area contributed by atoms with Crippen molar-refractivity contribution >= 4 is 16.8 Å². The van der Waals surface area contributed by atoms with Crippen molar-refractivity contribution in [3.8, 4) is 22.6 Å². The smallest absolute Gasteiger partial charge is 0.332 e. The molecule has 2 N–H and O–H groups in total. The lowest BCUT2D eigenvalue weighted by molar-refractivity contribution is 0.103. The molecule has 2 aromatic carbocycles. The average molecular weight is 405 g/mol. The summed E-state index contributed by atoms with van der Waals surface area (Å²) in [4.78, 5) is 41.8. The molecule has 0 spiro atoms. The van der Waals surface area contributed by atoms with Gasteiger partial charge in [0.05, 0.1) is 23.8 Å². The fourth-order valence-electron chi connectivity index (χ4n) is 3.54. The third-order valence-electron chi connectivity index (χ3n) is 5.15. The Morgan fingerprint density at radius 2 is 1.73 bits per heavy atom. The van der Waals surface area contributed by atoms with Crippen molar-refractivity contribution < 1.29 is 14.6 Å². The lowest BCUT2D eigenvalue weighted by Crippen LogP contribution is -2.36. The summed E-state index contributed by atoms with van der Waals surface area (Å²) in [6.45, 7) is 0. The molecular weight excluding hydrogens is 386 g/mol. The number of carbonyl (C=O) groups excluding carboxylic acids is 1. The molecule has 0 saturated carbocycles. The number of phenolic OH excluding ortho intramolecular Hbond substituents is 1. The molecule has 0 aliphatic heterocycles. The van der Waals surface area contributed by atoms with Gasteiger partial charge in [-0.25, -0.2) is 4.79 Å². The lowest BCUT2D eigenvalue weighted by atomic mass is 9.98. The number of aryl methyl sites for hydroxylation is 1. The number of aromatic hydroxyl groups is 1. The van der Waals surface area contributed by atoms with Crippen molar-refractivity contribution in [1.82, 2.24) is 14.1 Å². The van der Waals surface area contributed by atoms with E-state index in [0.717, 1.165) is 4.57 Å². The van der Waals surface area contributed by atoms with Crippen LogP contribution >= 0.6 is 0 Å². The number of methoxy groups -OCH3 is 1. The van der Waals surface area contributed by atoms with Gasteiger partial charge < -0.3 is 14.8 Å². The zero-order chi connectivity index (χ0) is 21.6. The first-order chi connectivity index (χ1) is 14.3. The largest absolute Gasteiger partial charge is 0.507 e. The number of hydrogen-bond donors (Lipinski definition) is 2. The van der Waals surface area contributed by atoms with E-state index in [1.54, 1.807) is 24.3 Å². The Labute approximate surface area is 170 Å². The number of ketones is 1. The van der Waals surface area contributed by atoms with E-state index in [4.69, 9.17) is 4.74 Å². The molecule has 0 bridgehead atoms.